The van der Waals surface area contributed by atoms with Crippen LogP contribution in [-0.2, 0) is 0 Å². The molecule has 1 aromatic heterocycles. The summed E-state index contributed by atoms with van der Waals surface area (Å²) in [6.45, 7) is 4.14. The molecule has 1 aromatic carbocycles. The Hall–Kier alpha value is -0.850. The van der Waals surface area contributed by atoms with Crippen molar-refractivity contribution in [3.8, 4) is 5.75 Å². The van der Waals surface area contributed by atoms with Crippen LogP contribution >= 0.6 is 19.5 Å². The maximum absolute atomic E-state index is 9.98. The molecule has 3 heteroatoms. The molecule has 0 fully saturated rings. The first-order valence-electron chi connectivity index (χ1n) is 4.38. The van der Waals surface area contributed by atoms with Gasteiger partial charge in [0.25, 0.3) is 0 Å². The van der Waals surface area contributed by atoms with Gasteiger partial charge < -0.3 is 5.11 Å². The minimum absolute atomic E-state index is 0.442. The maximum Gasteiger partial charge on any atom is 0.142 e. The third kappa shape index (κ3) is 1.45. The highest BCUT2D eigenvalue weighted by molar-refractivity contribution is 7.42. The number of thiophene rings is 1. The second-order valence-corrected chi connectivity index (χ2v) is 5.26. The van der Waals surface area contributed by atoms with Crippen molar-refractivity contribution in [2.75, 3.05) is 6.66 Å². The zero-order valence-corrected chi connectivity index (χ0v) is 9.82. The van der Waals surface area contributed by atoms with Gasteiger partial charge in [-0.05, 0) is 31.0 Å². The first-order chi connectivity index (χ1) is 6.74. The van der Waals surface area contributed by atoms with Crippen molar-refractivity contribution in [1.29, 1.82) is 0 Å². The van der Waals surface area contributed by atoms with Gasteiger partial charge in [-0.2, -0.15) is 0 Å². The average Bonchev–Trinajstić information content (AvgIpc) is 2.56. The molecule has 0 amide bonds. The highest BCUT2D eigenvalue weighted by Crippen LogP contribution is 2.37. The Morgan fingerprint density at radius 3 is 2.71 bits per heavy atom. The molecule has 0 aliphatic rings. The summed E-state index contributed by atoms with van der Waals surface area (Å²) in [5.41, 5.74) is 0. The van der Waals surface area contributed by atoms with Crippen molar-refractivity contribution in [2.24, 2.45) is 0 Å². The molecule has 0 spiro atoms. The van der Waals surface area contributed by atoms with Gasteiger partial charge in [-0.1, -0.05) is 12.1 Å². The fraction of sp³-hybridized carbons (Fsp3) is 0.182. The van der Waals surface area contributed by atoms with Crippen molar-refractivity contribution < 1.29 is 5.11 Å². The van der Waals surface area contributed by atoms with E-state index in [1.54, 1.807) is 11.3 Å². The van der Waals surface area contributed by atoms with Gasteiger partial charge in [-0.25, -0.2) is 0 Å². The summed E-state index contributed by atoms with van der Waals surface area (Å²) < 4.78 is 1.16. The smallest absolute Gasteiger partial charge is 0.142 e. The number of hydrogen-bond donors (Lipinski definition) is 1. The molecular formula is C11H11OPS. The summed E-state index contributed by atoms with van der Waals surface area (Å²) >= 11 is 1.66. The lowest BCUT2D eigenvalue weighted by molar-refractivity contribution is 0.483. The van der Waals surface area contributed by atoms with E-state index >= 15 is 0 Å². The van der Waals surface area contributed by atoms with E-state index in [9.17, 15) is 5.11 Å². The average molecular weight is 222 g/mol. The Morgan fingerprint density at radius 1 is 1.36 bits per heavy atom. The Kier molecular flexibility index (Phi) is 2.58. The van der Waals surface area contributed by atoms with E-state index in [0.29, 0.717) is 5.75 Å². The molecule has 2 rings (SSSR count). The Bertz CT molecular complexity index is 499. The van der Waals surface area contributed by atoms with Crippen LogP contribution in [0.3, 0.4) is 0 Å². The van der Waals surface area contributed by atoms with Gasteiger partial charge in [0, 0.05) is 10.1 Å². The summed E-state index contributed by atoms with van der Waals surface area (Å²) in [4.78, 5) is 1.02. The molecule has 1 N–H and O–H groups in total. The van der Waals surface area contributed by atoms with Gasteiger partial charge >= 0.3 is 0 Å². The largest absolute Gasteiger partial charge is 0.506 e. The van der Waals surface area contributed by atoms with Crippen LogP contribution in [0.5, 0.6) is 5.75 Å². The van der Waals surface area contributed by atoms with E-state index in [4.69, 9.17) is 0 Å². The molecule has 2 aromatic rings. The van der Waals surface area contributed by atoms with Crippen molar-refractivity contribution in [2.45, 2.75) is 6.92 Å². The predicted molar refractivity (Wildman–Crippen MR) is 66.1 cm³/mol. The van der Waals surface area contributed by atoms with E-state index in [1.165, 1.54) is 13.5 Å². The minimum atomic E-state index is 0.442. The fourth-order valence-corrected chi connectivity index (χ4v) is 3.09. The zero-order valence-electron chi connectivity index (χ0n) is 8.11. The van der Waals surface area contributed by atoms with E-state index < -0.39 is 0 Å². The van der Waals surface area contributed by atoms with Crippen molar-refractivity contribution >= 4 is 34.9 Å². The van der Waals surface area contributed by atoms with Gasteiger partial charge in [0.2, 0.25) is 0 Å². The lowest BCUT2D eigenvalue weighted by Crippen LogP contribution is -1.84. The van der Waals surface area contributed by atoms with Gasteiger partial charge in [-0.3, -0.25) is 0 Å². The van der Waals surface area contributed by atoms with Crippen LogP contribution in [0, 0.1) is 0 Å². The minimum Gasteiger partial charge on any atom is -0.506 e. The second kappa shape index (κ2) is 3.72. The molecule has 0 saturated carbocycles. The standard InChI is InChI=1S/C11H11OPS/c1-7(13-2)11-10(12)8-5-3-4-6-9(8)14-11/h3-6,12H,1-2H3. The van der Waals surface area contributed by atoms with Crippen LogP contribution in [0.15, 0.2) is 24.3 Å². The zero-order chi connectivity index (χ0) is 10.1. The number of benzene rings is 1. The van der Waals surface area contributed by atoms with E-state index in [0.717, 1.165) is 15.0 Å². The molecule has 0 unspecified atom stereocenters. The van der Waals surface area contributed by atoms with Crippen LogP contribution in [0.1, 0.15) is 11.8 Å². The lowest BCUT2D eigenvalue weighted by atomic mass is 10.2. The number of aromatic hydroxyl groups is 1. The quantitative estimate of drug-likeness (QED) is 0.729. The van der Waals surface area contributed by atoms with Crippen LogP contribution in [0.25, 0.3) is 10.1 Å². The summed E-state index contributed by atoms with van der Waals surface area (Å²) in [5.74, 6) is 0.442. The first-order valence-corrected chi connectivity index (χ1v) is 6.54. The highest BCUT2D eigenvalue weighted by atomic mass is 32.1. The maximum atomic E-state index is 9.98. The predicted octanol–water partition coefficient (Wildman–Crippen LogP) is 3.72. The molecule has 1 nitrogen and oxygen atoms in total. The van der Waals surface area contributed by atoms with Crippen molar-refractivity contribution in [3.63, 3.8) is 0 Å². The molecule has 0 atom stereocenters. The number of rotatable bonds is 1. The van der Waals surface area contributed by atoms with Crippen LogP contribution in [0.2, 0.25) is 0 Å². The van der Waals surface area contributed by atoms with Crippen LogP contribution < -0.4 is 0 Å². The summed E-state index contributed by atoms with van der Waals surface area (Å²) in [5, 5.41) is 12.2. The summed E-state index contributed by atoms with van der Waals surface area (Å²) in [6.07, 6.45) is 0. The third-order valence-corrected chi connectivity index (χ3v) is 4.56. The second-order valence-electron chi connectivity index (χ2n) is 3.08. The van der Waals surface area contributed by atoms with Crippen molar-refractivity contribution in [3.05, 3.63) is 29.1 Å². The molecule has 0 aliphatic carbocycles. The van der Waals surface area contributed by atoms with Crippen LogP contribution in [0.4, 0.5) is 0 Å². The van der Waals surface area contributed by atoms with Gasteiger partial charge in [0.1, 0.15) is 5.75 Å². The molecule has 0 aliphatic heterocycles. The molecule has 0 saturated heterocycles. The molecule has 0 bridgehead atoms. The number of fused-ring (bicyclic) bond motifs is 1. The van der Waals surface area contributed by atoms with E-state index in [-0.39, 0.29) is 0 Å². The Labute approximate surface area is 88.8 Å². The van der Waals surface area contributed by atoms with E-state index in [2.05, 4.69) is 13.6 Å². The molecular weight excluding hydrogens is 211 g/mol. The van der Waals surface area contributed by atoms with Gasteiger partial charge in [0.05, 0.1) is 4.88 Å². The summed E-state index contributed by atoms with van der Waals surface area (Å²) in [6, 6.07) is 7.96. The summed E-state index contributed by atoms with van der Waals surface area (Å²) in [7, 11) is 1.22. The molecule has 72 valence electrons. The normalized spacial score (nSPS) is 12.3. The number of hydrogen-bond acceptors (Lipinski definition) is 2. The topological polar surface area (TPSA) is 20.2 Å². The van der Waals surface area contributed by atoms with E-state index in [1.807, 2.05) is 24.3 Å². The first kappa shape index (κ1) is 9.70. The molecule has 0 radical (unpaired) electrons. The SMILES string of the molecule is CP=C(C)c1sc2ccccc2c1O. The molecule has 1 heterocycles. The lowest BCUT2D eigenvalue weighted by Gasteiger charge is -1.95. The van der Waals surface area contributed by atoms with Gasteiger partial charge in [-0.15, -0.1) is 19.5 Å². The Balaban J connectivity index is 2.75. The van der Waals surface area contributed by atoms with Gasteiger partial charge in [0.15, 0.2) is 0 Å². The highest BCUT2D eigenvalue weighted by Gasteiger charge is 2.11. The molecule has 14 heavy (non-hydrogen) atoms. The Morgan fingerprint density at radius 2 is 2.07 bits per heavy atom. The fourth-order valence-electron chi connectivity index (χ4n) is 1.38. The third-order valence-electron chi connectivity index (χ3n) is 2.23. The van der Waals surface area contributed by atoms with Crippen molar-refractivity contribution in [1.82, 2.24) is 0 Å². The monoisotopic (exact) mass is 222 g/mol. The van der Waals surface area contributed by atoms with Crippen LogP contribution in [-0.4, -0.2) is 17.1 Å².